The van der Waals surface area contributed by atoms with E-state index in [1.165, 1.54) is 0 Å². The Bertz CT molecular complexity index is 817. The third-order valence-corrected chi connectivity index (χ3v) is 3.22. The van der Waals surface area contributed by atoms with Gasteiger partial charge >= 0.3 is 0 Å². The summed E-state index contributed by atoms with van der Waals surface area (Å²) in [6, 6.07) is 5.73. The van der Waals surface area contributed by atoms with Crippen LogP contribution in [0.25, 0.3) is 12.2 Å². The Morgan fingerprint density at radius 1 is 0.852 bits per heavy atom. The van der Waals surface area contributed by atoms with Crippen LogP contribution in [0.1, 0.15) is 44.4 Å². The zero-order valence-electron chi connectivity index (χ0n) is 16.1. The summed E-state index contributed by atoms with van der Waals surface area (Å²) in [7, 11) is 0. The van der Waals surface area contributed by atoms with Crippen molar-refractivity contribution in [3.05, 3.63) is 46.0 Å². The first-order chi connectivity index (χ1) is 11.6. The van der Waals surface area contributed by atoms with Gasteiger partial charge in [-0.05, 0) is 57.9 Å². The van der Waals surface area contributed by atoms with Crippen molar-refractivity contribution >= 4 is 60.5 Å². The summed E-state index contributed by atoms with van der Waals surface area (Å²) in [4.78, 5) is 31.4. The van der Waals surface area contributed by atoms with Crippen molar-refractivity contribution < 1.29 is 9.59 Å². The van der Waals surface area contributed by atoms with Crippen LogP contribution >= 0.6 is 24.8 Å². The van der Waals surface area contributed by atoms with Crippen LogP contribution in [0.4, 0.5) is 0 Å². The average Bonchev–Trinajstić information content (AvgIpc) is 2.48. The molecule has 0 saturated carbocycles. The van der Waals surface area contributed by atoms with E-state index in [9.17, 15) is 9.59 Å². The maximum atomic E-state index is 12.0. The number of guanidine groups is 1. The fourth-order valence-electron chi connectivity index (χ4n) is 2.04. The largest absolute Gasteiger partial charge is 0.370 e. The molecule has 0 aliphatic carbocycles. The van der Waals surface area contributed by atoms with E-state index in [0.717, 1.165) is 16.7 Å². The van der Waals surface area contributed by atoms with Gasteiger partial charge in [0, 0.05) is 16.9 Å². The van der Waals surface area contributed by atoms with Gasteiger partial charge in [0.05, 0.1) is 0 Å². The normalized spacial score (nSPS) is 10.9. The molecule has 0 saturated heterocycles. The number of hydrogen-bond acceptors (Lipinski definition) is 2. The fraction of sp³-hybridized carbons (Fsp3) is 0.263. The van der Waals surface area contributed by atoms with Crippen LogP contribution in [0.5, 0.6) is 0 Å². The minimum Gasteiger partial charge on any atom is -0.370 e. The monoisotopic (exact) mass is 412 g/mol. The highest BCUT2D eigenvalue weighted by molar-refractivity contribution is 6.05. The summed E-state index contributed by atoms with van der Waals surface area (Å²) < 4.78 is 0. The molecule has 0 spiro atoms. The van der Waals surface area contributed by atoms with Gasteiger partial charge in [-0.1, -0.05) is 23.8 Å². The molecule has 1 aromatic carbocycles. The number of nitrogens with zero attached hydrogens (tertiary/aromatic N) is 2. The van der Waals surface area contributed by atoms with Gasteiger partial charge in [-0.2, -0.15) is 4.99 Å². The van der Waals surface area contributed by atoms with E-state index in [-0.39, 0.29) is 36.7 Å². The summed E-state index contributed by atoms with van der Waals surface area (Å²) in [6.45, 7) is 8.83. The van der Waals surface area contributed by atoms with Crippen molar-refractivity contribution in [1.82, 2.24) is 0 Å². The molecule has 1 rings (SSSR count). The third kappa shape index (κ3) is 9.17. The Kier molecular flexibility index (Phi) is 11.9. The number of aryl methyl sites for hydroxylation is 1. The van der Waals surface area contributed by atoms with Crippen LogP contribution in [0.15, 0.2) is 39.3 Å². The van der Waals surface area contributed by atoms with E-state index in [2.05, 4.69) is 9.98 Å². The van der Waals surface area contributed by atoms with Crippen LogP contribution in [0.3, 0.4) is 0 Å². The number of carbonyl (C=O) groups excluding carboxylic acids is 2. The predicted octanol–water partition coefficient (Wildman–Crippen LogP) is 3.45. The summed E-state index contributed by atoms with van der Waals surface area (Å²) in [5.41, 5.74) is 14.7. The van der Waals surface area contributed by atoms with Crippen LogP contribution in [-0.2, 0) is 9.59 Å². The molecular formula is C19H26Cl2N4O2. The molecule has 0 bridgehead atoms. The Morgan fingerprint density at radius 2 is 1.33 bits per heavy atom. The summed E-state index contributed by atoms with van der Waals surface area (Å²) >= 11 is 0. The maximum Gasteiger partial charge on any atom is 0.275 e. The second kappa shape index (κ2) is 12.0. The first kappa shape index (κ1) is 26.8. The number of aliphatic imine (C=N–C) groups is 2. The van der Waals surface area contributed by atoms with E-state index >= 15 is 0 Å². The molecule has 0 radical (unpaired) electrons. The first-order valence-electron chi connectivity index (χ1n) is 7.77. The maximum absolute atomic E-state index is 12.0. The number of amides is 2. The Morgan fingerprint density at radius 3 is 1.81 bits per heavy atom. The molecule has 2 amide bonds. The van der Waals surface area contributed by atoms with Crippen LogP contribution in [-0.4, -0.2) is 23.5 Å². The van der Waals surface area contributed by atoms with Gasteiger partial charge in [-0.25, -0.2) is 4.99 Å². The van der Waals surface area contributed by atoms with Gasteiger partial charge < -0.3 is 11.5 Å². The molecule has 0 heterocycles. The molecule has 148 valence electrons. The SMILES string of the molecule is CC(=Cc1cc(C)ccc1C=C(C)C(=O)N=C(N)N)C(=O)N=C(C)C.Cl.Cl. The number of halogens is 2. The number of nitrogens with two attached hydrogens (primary N) is 2. The van der Waals surface area contributed by atoms with Crippen molar-refractivity contribution in [3.8, 4) is 0 Å². The van der Waals surface area contributed by atoms with Gasteiger partial charge in [0.1, 0.15) is 0 Å². The van der Waals surface area contributed by atoms with E-state index in [1.807, 2.05) is 25.1 Å². The predicted molar refractivity (Wildman–Crippen MR) is 118 cm³/mol. The lowest BCUT2D eigenvalue weighted by Gasteiger charge is -2.06. The lowest BCUT2D eigenvalue weighted by Crippen LogP contribution is -2.24. The molecular weight excluding hydrogens is 387 g/mol. The standard InChI is InChI=1S/C19H24N4O2.2ClH/c1-11(2)22-17(24)14(5)10-16-8-12(3)6-7-15(16)9-13(4)18(25)23-19(20)21;;/h6-10H,1-5H3,(H4,20,21,23,25);2*1H. The number of rotatable bonds is 4. The first-order valence-corrected chi connectivity index (χ1v) is 7.77. The molecule has 0 aromatic heterocycles. The zero-order valence-corrected chi connectivity index (χ0v) is 17.7. The van der Waals surface area contributed by atoms with Gasteiger partial charge in [-0.15, -0.1) is 24.8 Å². The molecule has 0 aliphatic rings. The number of benzene rings is 1. The van der Waals surface area contributed by atoms with E-state index in [0.29, 0.717) is 16.9 Å². The van der Waals surface area contributed by atoms with Gasteiger partial charge in [-0.3, -0.25) is 9.59 Å². The Balaban J connectivity index is 0. The molecule has 0 unspecified atom stereocenters. The molecule has 4 N–H and O–H groups in total. The minimum atomic E-state index is -0.505. The molecule has 1 aromatic rings. The van der Waals surface area contributed by atoms with Crippen LogP contribution in [0.2, 0.25) is 0 Å². The summed E-state index contributed by atoms with van der Waals surface area (Å²) in [5.74, 6) is -1.07. The van der Waals surface area contributed by atoms with E-state index in [1.54, 1.807) is 39.8 Å². The molecule has 27 heavy (non-hydrogen) atoms. The summed E-state index contributed by atoms with van der Waals surface area (Å²) in [6.07, 6.45) is 3.44. The average molecular weight is 413 g/mol. The van der Waals surface area contributed by atoms with Gasteiger partial charge in [0.2, 0.25) is 0 Å². The fourth-order valence-corrected chi connectivity index (χ4v) is 2.04. The third-order valence-electron chi connectivity index (χ3n) is 3.22. The van der Waals surface area contributed by atoms with Gasteiger partial charge in [0.25, 0.3) is 11.8 Å². The highest BCUT2D eigenvalue weighted by Gasteiger charge is 2.08. The van der Waals surface area contributed by atoms with Crippen molar-refractivity contribution in [3.63, 3.8) is 0 Å². The van der Waals surface area contributed by atoms with Crippen LogP contribution < -0.4 is 11.5 Å². The topological polar surface area (TPSA) is 111 Å². The molecule has 0 aliphatic heterocycles. The lowest BCUT2D eigenvalue weighted by atomic mass is 10.00. The van der Waals surface area contributed by atoms with Gasteiger partial charge in [0.15, 0.2) is 5.96 Å². The molecule has 0 fully saturated rings. The zero-order chi connectivity index (χ0) is 19.1. The van der Waals surface area contributed by atoms with Crippen molar-refractivity contribution in [2.75, 3.05) is 0 Å². The van der Waals surface area contributed by atoms with E-state index in [4.69, 9.17) is 11.5 Å². The van der Waals surface area contributed by atoms with Crippen LogP contribution in [0, 0.1) is 6.92 Å². The molecule has 6 nitrogen and oxygen atoms in total. The molecule has 8 heteroatoms. The Labute approximate surface area is 172 Å². The smallest absolute Gasteiger partial charge is 0.275 e. The second-order valence-electron chi connectivity index (χ2n) is 5.99. The van der Waals surface area contributed by atoms with E-state index < -0.39 is 5.91 Å². The molecule has 0 atom stereocenters. The highest BCUT2D eigenvalue weighted by atomic mass is 35.5. The minimum absolute atomic E-state index is 0. The number of hydrogen-bond donors (Lipinski definition) is 2. The number of carbonyl (C=O) groups is 2. The lowest BCUT2D eigenvalue weighted by molar-refractivity contribution is -0.115. The Hall–Kier alpha value is -2.44. The van der Waals surface area contributed by atoms with Crippen molar-refractivity contribution in [1.29, 1.82) is 0 Å². The second-order valence-corrected chi connectivity index (χ2v) is 5.99. The van der Waals surface area contributed by atoms with Crippen molar-refractivity contribution in [2.45, 2.75) is 34.6 Å². The summed E-state index contributed by atoms with van der Waals surface area (Å²) in [5, 5.41) is 0. The highest BCUT2D eigenvalue weighted by Crippen LogP contribution is 2.19. The quantitative estimate of drug-likeness (QED) is 0.447. The van der Waals surface area contributed by atoms with Crippen molar-refractivity contribution in [2.24, 2.45) is 21.5 Å².